The molecule has 4 rings (SSSR count). The van der Waals surface area contributed by atoms with Crippen molar-refractivity contribution in [1.29, 1.82) is 0 Å². The van der Waals surface area contributed by atoms with Crippen molar-refractivity contribution in [2.75, 3.05) is 24.6 Å². The second-order valence-corrected chi connectivity index (χ2v) is 6.38. The van der Waals surface area contributed by atoms with Crippen LogP contribution < -0.4 is 4.90 Å². The number of nitrogens with zero attached hydrogens (tertiary/aromatic N) is 5. The van der Waals surface area contributed by atoms with Gasteiger partial charge in [0.2, 0.25) is 5.95 Å². The van der Waals surface area contributed by atoms with Crippen molar-refractivity contribution in [2.24, 2.45) is 7.05 Å². The molecule has 2 aliphatic heterocycles. The van der Waals surface area contributed by atoms with Crippen LogP contribution in [-0.2, 0) is 11.8 Å². The molecule has 0 amide bonds. The van der Waals surface area contributed by atoms with Crippen molar-refractivity contribution >= 4 is 5.95 Å². The highest BCUT2D eigenvalue weighted by Crippen LogP contribution is 2.42. The van der Waals surface area contributed by atoms with Crippen molar-refractivity contribution in [3.8, 4) is 0 Å². The summed E-state index contributed by atoms with van der Waals surface area (Å²) in [5.74, 6) is 1.31. The molecule has 2 aromatic heterocycles. The largest absolute Gasteiger partial charge is 0.374 e. The minimum Gasteiger partial charge on any atom is -0.374 e. The molecule has 2 saturated heterocycles. The van der Waals surface area contributed by atoms with Crippen molar-refractivity contribution in [3.63, 3.8) is 0 Å². The summed E-state index contributed by atoms with van der Waals surface area (Å²) in [6.07, 6.45) is 10.9. The van der Waals surface area contributed by atoms with Gasteiger partial charge in [-0.1, -0.05) is 0 Å². The van der Waals surface area contributed by atoms with Crippen molar-refractivity contribution in [1.82, 2.24) is 19.7 Å². The van der Waals surface area contributed by atoms with Gasteiger partial charge in [0, 0.05) is 44.6 Å². The third-order valence-corrected chi connectivity index (χ3v) is 4.92. The quantitative estimate of drug-likeness (QED) is 0.845. The smallest absolute Gasteiger partial charge is 0.225 e. The van der Waals surface area contributed by atoms with E-state index in [0.717, 1.165) is 44.9 Å². The zero-order chi connectivity index (χ0) is 15.0. The maximum Gasteiger partial charge on any atom is 0.225 e. The molecule has 2 aliphatic rings. The molecule has 6 nitrogen and oxygen atoms in total. The lowest BCUT2D eigenvalue weighted by Gasteiger charge is -2.38. The monoisotopic (exact) mass is 299 g/mol. The molecule has 6 heteroatoms. The lowest BCUT2D eigenvalue weighted by Crippen LogP contribution is -2.44. The Balaban J connectivity index is 1.41. The fourth-order valence-corrected chi connectivity index (χ4v) is 3.63. The molecule has 2 aromatic rings. The Morgan fingerprint density at radius 1 is 1.23 bits per heavy atom. The number of aromatic nitrogens is 4. The number of anilines is 1. The van der Waals surface area contributed by atoms with Crippen LogP contribution in [0.2, 0.25) is 0 Å². The van der Waals surface area contributed by atoms with E-state index >= 15 is 0 Å². The first-order valence-corrected chi connectivity index (χ1v) is 7.89. The van der Waals surface area contributed by atoms with E-state index in [9.17, 15) is 0 Å². The van der Waals surface area contributed by atoms with Gasteiger partial charge in [0.15, 0.2) is 0 Å². The van der Waals surface area contributed by atoms with Gasteiger partial charge in [0.25, 0.3) is 0 Å². The second kappa shape index (κ2) is 5.35. The van der Waals surface area contributed by atoms with Gasteiger partial charge in [-0.3, -0.25) is 4.68 Å². The zero-order valence-electron chi connectivity index (χ0n) is 12.9. The minimum atomic E-state index is 0.0335. The summed E-state index contributed by atoms with van der Waals surface area (Å²) in [5, 5.41) is 4.28. The van der Waals surface area contributed by atoms with Gasteiger partial charge < -0.3 is 9.64 Å². The lowest BCUT2D eigenvalue weighted by molar-refractivity contribution is -0.0150. The van der Waals surface area contributed by atoms with Gasteiger partial charge >= 0.3 is 0 Å². The molecule has 4 heterocycles. The van der Waals surface area contributed by atoms with E-state index in [1.807, 2.05) is 24.0 Å². The van der Waals surface area contributed by atoms with E-state index in [1.54, 1.807) is 12.4 Å². The molecular formula is C16H21N5O. The van der Waals surface area contributed by atoms with Crippen LogP contribution in [0.3, 0.4) is 0 Å². The highest BCUT2D eigenvalue weighted by molar-refractivity contribution is 5.30. The van der Waals surface area contributed by atoms with Crippen LogP contribution in [0.4, 0.5) is 5.95 Å². The summed E-state index contributed by atoms with van der Waals surface area (Å²) < 4.78 is 8.11. The van der Waals surface area contributed by atoms with Crippen LogP contribution in [0, 0.1) is 0 Å². The Bertz CT molecular complexity index is 633. The summed E-state index contributed by atoms with van der Waals surface area (Å²) in [4.78, 5) is 10.9. The summed E-state index contributed by atoms with van der Waals surface area (Å²) in [7, 11) is 1.97. The Hall–Kier alpha value is -1.95. The van der Waals surface area contributed by atoms with E-state index in [-0.39, 0.29) is 5.60 Å². The molecule has 0 radical (unpaired) electrons. The van der Waals surface area contributed by atoms with Crippen molar-refractivity contribution < 1.29 is 4.74 Å². The second-order valence-electron chi connectivity index (χ2n) is 6.38. The third-order valence-electron chi connectivity index (χ3n) is 4.92. The van der Waals surface area contributed by atoms with Gasteiger partial charge in [-0.25, -0.2) is 9.97 Å². The average Bonchev–Trinajstić information content (AvgIpc) is 3.16. The number of aryl methyl sites for hydroxylation is 1. The maximum absolute atomic E-state index is 6.24. The summed E-state index contributed by atoms with van der Waals surface area (Å²) in [5.41, 5.74) is 1.33. The van der Waals surface area contributed by atoms with E-state index in [2.05, 4.69) is 26.2 Å². The first-order chi connectivity index (χ1) is 10.7. The fourth-order valence-electron chi connectivity index (χ4n) is 3.63. The third kappa shape index (κ3) is 2.47. The molecule has 22 heavy (non-hydrogen) atoms. The maximum atomic E-state index is 6.24. The number of piperidine rings is 1. The molecule has 1 spiro atoms. The predicted octanol–water partition coefficient (Wildman–Crippen LogP) is 1.75. The SMILES string of the molecule is Cn1cc([C@H]2COC3(CCN(c4ncccn4)CC3)C2)cn1. The molecule has 0 unspecified atom stereocenters. The van der Waals surface area contributed by atoms with E-state index in [0.29, 0.717) is 5.92 Å². The number of hydrogen-bond donors (Lipinski definition) is 0. The Kier molecular flexibility index (Phi) is 3.33. The van der Waals surface area contributed by atoms with Gasteiger partial charge in [-0.2, -0.15) is 5.10 Å². The van der Waals surface area contributed by atoms with Crippen LogP contribution in [0.25, 0.3) is 0 Å². The topological polar surface area (TPSA) is 56.1 Å². The molecule has 0 aliphatic carbocycles. The number of ether oxygens (including phenoxy) is 1. The van der Waals surface area contributed by atoms with E-state index in [4.69, 9.17) is 4.74 Å². The van der Waals surface area contributed by atoms with Crippen LogP contribution in [0.1, 0.15) is 30.7 Å². The molecule has 0 bridgehead atoms. The Morgan fingerprint density at radius 2 is 2.00 bits per heavy atom. The number of hydrogen-bond acceptors (Lipinski definition) is 5. The molecule has 0 saturated carbocycles. The first-order valence-electron chi connectivity index (χ1n) is 7.89. The number of rotatable bonds is 2. The van der Waals surface area contributed by atoms with Crippen LogP contribution in [0.5, 0.6) is 0 Å². The molecule has 2 fully saturated rings. The first kappa shape index (κ1) is 13.7. The highest BCUT2D eigenvalue weighted by Gasteiger charge is 2.43. The molecule has 0 N–H and O–H groups in total. The molecular weight excluding hydrogens is 278 g/mol. The van der Waals surface area contributed by atoms with Gasteiger partial charge in [-0.05, 0) is 30.9 Å². The van der Waals surface area contributed by atoms with Crippen LogP contribution in [-0.4, -0.2) is 45.0 Å². The molecule has 116 valence electrons. The predicted molar refractivity (Wildman–Crippen MR) is 82.7 cm³/mol. The highest BCUT2D eigenvalue weighted by atomic mass is 16.5. The standard InChI is InChI=1S/C16H21N5O/c1-20-11-14(10-19-20)13-9-16(22-12-13)3-7-21(8-4-16)15-17-5-2-6-18-15/h2,5-6,10-11,13H,3-4,7-9,12H2,1H3/t13-/m1/s1. The zero-order valence-corrected chi connectivity index (χ0v) is 12.9. The Labute approximate surface area is 130 Å². The van der Waals surface area contributed by atoms with Gasteiger partial charge in [0.05, 0.1) is 18.4 Å². The minimum absolute atomic E-state index is 0.0335. The van der Waals surface area contributed by atoms with Crippen LogP contribution in [0.15, 0.2) is 30.9 Å². The van der Waals surface area contributed by atoms with Gasteiger partial charge in [-0.15, -0.1) is 0 Å². The summed E-state index contributed by atoms with van der Waals surface area (Å²) in [6, 6.07) is 1.85. The normalized spacial score (nSPS) is 24.0. The molecule has 1 atom stereocenters. The average molecular weight is 299 g/mol. The lowest BCUT2D eigenvalue weighted by atomic mass is 9.84. The van der Waals surface area contributed by atoms with Crippen molar-refractivity contribution in [2.45, 2.75) is 30.8 Å². The molecule has 0 aromatic carbocycles. The Morgan fingerprint density at radius 3 is 2.68 bits per heavy atom. The van der Waals surface area contributed by atoms with Crippen molar-refractivity contribution in [3.05, 3.63) is 36.4 Å². The van der Waals surface area contributed by atoms with Gasteiger partial charge in [0.1, 0.15) is 0 Å². The summed E-state index contributed by atoms with van der Waals surface area (Å²) >= 11 is 0. The summed E-state index contributed by atoms with van der Waals surface area (Å²) in [6.45, 7) is 2.74. The fraction of sp³-hybridized carbons (Fsp3) is 0.562. The van der Waals surface area contributed by atoms with E-state index in [1.165, 1.54) is 5.56 Å². The van der Waals surface area contributed by atoms with E-state index < -0.39 is 0 Å². The van der Waals surface area contributed by atoms with Crippen LogP contribution >= 0.6 is 0 Å².